The maximum absolute atomic E-state index is 10.7. The third-order valence-corrected chi connectivity index (χ3v) is 2.07. The monoisotopic (exact) mass is 223 g/mol. The molecule has 0 heterocycles. The van der Waals surface area contributed by atoms with E-state index in [1.807, 2.05) is 30.3 Å². The Hall–Kier alpha value is -1.88. The number of nitrogens with one attached hydrogen (secondary N) is 1. The van der Waals surface area contributed by atoms with Crippen LogP contribution in [-0.4, -0.2) is 28.2 Å². The Morgan fingerprint density at radius 3 is 2.31 bits per heavy atom. The van der Waals surface area contributed by atoms with Crippen LogP contribution in [0, 0.1) is 0 Å². The lowest BCUT2D eigenvalue weighted by atomic mass is 10.1. The first kappa shape index (κ1) is 12.2. The molecular weight excluding hydrogens is 210 g/mol. The van der Waals surface area contributed by atoms with Gasteiger partial charge in [-0.05, 0) is 5.56 Å². The van der Waals surface area contributed by atoms with Crippen molar-refractivity contribution in [1.29, 1.82) is 0 Å². The van der Waals surface area contributed by atoms with Gasteiger partial charge in [-0.15, -0.1) is 0 Å². The molecule has 86 valence electrons. The van der Waals surface area contributed by atoms with Gasteiger partial charge in [-0.25, -0.2) is 0 Å². The van der Waals surface area contributed by atoms with Gasteiger partial charge >= 0.3 is 11.9 Å². The second-order valence-corrected chi connectivity index (χ2v) is 3.36. The van der Waals surface area contributed by atoms with E-state index in [0.29, 0.717) is 6.54 Å². The lowest BCUT2D eigenvalue weighted by Crippen LogP contribution is -2.38. The van der Waals surface area contributed by atoms with Gasteiger partial charge in [-0.3, -0.25) is 14.9 Å². The van der Waals surface area contributed by atoms with E-state index in [4.69, 9.17) is 10.2 Å². The van der Waals surface area contributed by atoms with E-state index in [1.54, 1.807) is 0 Å². The minimum atomic E-state index is -1.15. The lowest BCUT2D eigenvalue weighted by molar-refractivity contribution is -0.146. The van der Waals surface area contributed by atoms with Gasteiger partial charge < -0.3 is 10.2 Å². The van der Waals surface area contributed by atoms with Crippen LogP contribution in [0.5, 0.6) is 0 Å². The van der Waals surface area contributed by atoms with Crippen LogP contribution in [-0.2, 0) is 16.1 Å². The first-order chi connectivity index (χ1) is 7.59. The number of hydrogen-bond donors (Lipinski definition) is 3. The Bertz CT molecular complexity index is 364. The van der Waals surface area contributed by atoms with Gasteiger partial charge in [0.1, 0.15) is 6.04 Å². The van der Waals surface area contributed by atoms with Gasteiger partial charge in [0.05, 0.1) is 6.42 Å². The highest BCUT2D eigenvalue weighted by Crippen LogP contribution is 2.00. The van der Waals surface area contributed by atoms with E-state index in [-0.39, 0.29) is 0 Å². The number of benzene rings is 1. The van der Waals surface area contributed by atoms with Gasteiger partial charge in [-0.1, -0.05) is 30.3 Å². The number of aliphatic carboxylic acids is 2. The van der Waals surface area contributed by atoms with E-state index in [9.17, 15) is 9.59 Å². The van der Waals surface area contributed by atoms with Gasteiger partial charge in [0.2, 0.25) is 0 Å². The predicted molar refractivity (Wildman–Crippen MR) is 57.0 cm³/mol. The second kappa shape index (κ2) is 5.87. The normalized spacial score (nSPS) is 12.0. The van der Waals surface area contributed by atoms with Gasteiger partial charge in [-0.2, -0.15) is 0 Å². The predicted octanol–water partition coefficient (Wildman–Crippen LogP) is 0.704. The molecule has 1 rings (SSSR count). The number of hydrogen-bond acceptors (Lipinski definition) is 3. The molecule has 1 atom stereocenters. The van der Waals surface area contributed by atoms with E-state index >= 15 is 0 Å². The first-order valence-corrected chi connectivity index (χ1v) is 4.81. The molecule has 0 aromatic heterocycles. The number of carbonyl (C=O) groups is 2. The van der Waals surface area contributed by atoms with Crippen molar-refractivity contribution in [2.24, 2.45) is 0 Å². The van der Waals surface area contributed by atoms with Crippen LogP contribution in [0.2, 0.25) is 0 Å². The molecule has 3 N–H and O–H groups in total. The molecule has 16 heavy (non-hydrogen) atoms. The third kappa shape index (κ3) is 4.10. The Balaban J connectivity index is 2.50. The molecule has 5 nitrogen and oxygen atoms in total. The molecular formula is C11H13NO4. The molecule has 0 radical (unpaired) electrons. The quantitative estimate of drug-likeness (QED) is 0.661. The third-order valence-electron chi connectivity index (χ3n) is 2.07. The van der Waals surface area contributed by atoms with Crippen LogP contribution in [0.4, 0.5) is 0 Å². The number of carboxylic acids is 2. The van der Waals surface area contributed by atoms with E-state index < -0.39 is 24.4 Å². The maximum atomic E-state index is 10.7. The van der Waals surface area contributed by atoms with Crippen LogP contribution < -0.4 is 5.32 Å². The fourth-order valence-corrected chi connectivity index (χ4v) is 1.26. The molecule has 0 bridgehead atoms. The molecule has 0 aliphatic rings. The van der Waals surface area contributed by atoms with Crippen LogP contribution in [0.3, 0.4) is 0 Å². The van der Waals surface area contributed by atoms with Gasteiger partial charge in [0.15, 0.2) is 0 Å². The highest BCUT2D eigenvalue weighted by Gasteiger charge is 2.19. The molecule has 0 spiro atoms. The number of carboxylic acid groups (broad SMARTS) is 2. The lowest BCUT2D eigenvalue weighted by Gasteiger charge is -2.11. The standard InChI is InChI=1S/C11H13NO4/c13-10(14)6-9(11(15)16)12-7-8-4-2-1-3-5-8/h1-5,9,12H,6-7H2,(H,13,14)(H,15,16)/t9-/m0/s1. The summed E-state index contributed by atoms with van der Waals surface area (Å²) < 4.78 is 0. The molecule has 1 aromatic rings. The first-order valence-electron chi connectivity index (χ1n) is 4.81. The minimum Gasteiger partial charge on any atom is -0.481 e. The van der Waals surface area contributed by atoms with Crippen LogP contribution >= 0.6 is 0 Å². The summed E-state index contributed by atoms with van der Waals surface area (Å²) >= 11 is 0. The van der Waals surface area contributed by atoms with E-state index in [0.717, 1.165) is 5.56 Å². The van der Waals surface area contributed by atoms with Crippen molar-refractivity contribution < 1.29 is 19.8 Å². The summed E-state index contributed by atoms with van der Waals surface area (Å²) in [6.07, 6.45) is -0.428. The van der Waals surface area contributed by atoms with Crippen molar-refractivity contribution >= 4 is 11.9 Å². The largest absolute Gasteiger partial charge is 0.481 e. The Morgan fingerprint density at radius 1 is 1.19 bits per heavy atom. The molecule has 1 aromatic carbocycles. The molecule has 0 saturated heterocycles. The zero-order chi connectivity index (χ0) is 12.0. The van der Waals surface area contributed by atoms with Crippen LogP contribution in [0.15, 0.2) is 30.3 Å². The second-order valence-electron chi connectivity index (χ2n) is 3.36. The Morgan fingerprint density at radius 2 is 1.81 bits per heavy atom. The molecule has 5 heteroatoms. The molecule has 0 fully saturated rings. The highest BCUT2D eigenvalue weighted by molar-refractivity contribution is 5.80. The Labute approximate surface area is 92.7 Å². The minimum absolute atomic E-state index is 0.338. The topological polar surface area (TPSA) is 86.6 Å². The summed E-state index contributed by atoms with van der Waals surface area (Å²) in [6, 6.07) is 8.15. The molecule has 0 amide bonds. The van der Waals surface area contributed by atoms with Crippen LogP contribution in [0.1, 0.15) is 12.0 Å². The van der Waals surface area contributed by atoms with Crippen LogP contribution in [0.25, 0.3) is 0 Å². The van der Waals surface area contributed by atoms with Crippen molar-refractivity contribution in [3.8, 4) is 0 Å². The molecule has 0 aliphatic heterocycles. The smallest absolute Gasteiger partial charge is 0.321 e. The highest BCUT2D eigenvalue weighted by atomic mass is 16.4. The summed E-state index contributed by atoms with van der Waals surface area (Å²) in [5.41, 5.74) is 0.916. The summed E-state index contributed by atoms with van der Waals surface area (Å²) in [5, 5.41) is 20.0. The summed E-state index contributed by atoms with van der Waals surface area (Å²) in [4.78, 5) is 21.2. The summed E-state index contributed by atoms with van der Waals surface area (Å²) in [6.45, 7) is 0.338. The van der Waals surface area contributed by atoms with Crippen molar-refractivity contribution in [1.82, 2.24) is 5.32 Å². The van der Waals surface area contributed by atoms with E-state index in [1.165, 1.54) is 0 Å². The fourth-order valence-electron chi connectivity index (χ4n) is 1.26. The molecule has 0 unspecified atom stereocenters. The summed E-state index contributed by atoms with van der Waals surface area (Å²) in [7, 11) is 0. The van der Waals surface area contributed by atoms with Crippen molar-refractivity contribution in [2.75, 3.05) is 0 Å². The fraction of sp³-hybridized carbons (Fsp3) is 0.273. The van der Waals surface area contributed by atoms with Crippen molar-refractivity contribution in [3.05, 3.63) is 35.9 Å². The molecule has 0 saturated carbocycles. The van der Waals surface area contributed by atoms with Gasteiger partial charge in [0.25, 0.3) is 0 Å². The molecule has 0 aliphatic carbocycles. The average Bonchev–Trinajstić information content (AvgIpc) is 2.25. The number of rotatable bonds is 6. The Kier molecular flexibility index (Phi) is 4.47. The van der Waals surface area contributed by atoms with Crippen molar-refractivity contribution in [2.45, 2.75) is 19.0 Å². The zero-order valence-corrected chi connectivity index (χ0v) is 8.59. The van der Waals surface area contributed by atoms with E-state index in [2.05, 4.69) is 5.32 Å². The van der Waals surface area contributed by atoms with Crippen molar-refractivity contribution in [3.63, 3.8) is 0 Å². The SMILES string of the molecule is O=C(O)C[C@H](NCc1ccccc1)C(=O)O. The maximum Gasteiger partial charge on any atom is 0.321 e. The average molecular weight is 223 g/mol. The zero-order valence-electron chi connectivity index (χ0n) is 8.59. The summed E-state index contributed by atoms with van der Waals surface area (Å²) in [5.74, 6) is -2.29. The van der Waals surface area contributed by atoms with Gasteiger partial charge in [0, 0.05) is 6.54 Å².